The lowest BCUT2D eigenvalue weighted by Crippen LogP contribution is -2.50. The summed E-state index contributed by atoms with van der Waals surface area (Å²) in [6, 6.07) is 6.77. The van der Waals surface area contributed by atoms with E-state index in [2.05, 4.69) is 9.97 Å². The lowest BCUT2D eigenvalue weighted by Gasteiger charge is -2.34. The number of aromatic amines is 1. The fourth-order valence-corrected chi connectivity index (χ4v) is 5.42. The van der Waals surface area contributed by atoms with Gasteiger partial charge in [-0.2, -0.15) is 0 Å². The minimum absolute atomic E-state index is 0.000843. The summed E-state index contributed by atoms with van der Waals surface area (Å²) in [5, 5.41) is 0. The number of alkyl halides is 1. The molecule has 1 saturated heterocycles. The maximum Gasteiger partial charge on any atom is 0.255 e. The highest BCUT2D eigenvalue weighted by molar-refractivity contribution is 6.07. The Morgan fingerprint density at radius 1 is 1.12 bits per heavy atom. The highest BCUT2D eigenvalue weighted by Gasteiger charge is 2.60. The standard InChI is InChI=1S/C24H22F3N5O2/c25-11-23(3-4-23)12-31-6-5-24(22(31)34)16-2-1-13(26)7-15(16)21(33)32(24)10-14-8-18-19(29-14)9-17(27)20(28)30-18/h1-2,7-9,29H,3-6,10-12H2,(H2,28,30). The van der Waals surface area contributed by atoms with Gasteiger partial charge in [-0.25, -0.2) is 13.8 Å². The predicted molar refractivity (Wildman–Crippen MR) is 117 cm³/mol. The average Bonchev–Trinajstić information content (AvgIpc) is 3.30. The van der Waals surface area contributed by atoms with E-state index in [1.807, 2.05) is 0 Å². The molecule has 2 aliphatic heterocycles. The summed E-state index contributed by atoms with van der Waals surface area (Å²) in [6.07, 6.45) is 1.78. The first-order chi connectivity index (χ1) is 16.3. The second-order valence-electron chi connectivity index (χ2n) is 9.63. The SMILES string of the molecule is Nc1nc2cc(CN3C(=O)c4cc(F)ccc4C34CCN(CC3(CF)CC3)C4=O)[nH]c2cc1F. The van der Waals surface area contributed by atoms with Crippen LogP contribution in [0.25, 0.3) is 11.0 Å². The summed E-state index contributed by atoms with van der Waals surface area (Å²) in [5.41, 5.74) is 5.74. The zero-order valence-electron chi connectivity index (χ0n) is 18.2. The van der Waals surface area contributed by atoms with Gasteiger partial charge in [-0.1, -0.05) is 6.07 Å². The van der Waals surface area contributed by atoms with Crippen molar-refractivity contribution in [1.82, 2.24) is 19.8 Å². The largest absolute Gasteiger partial charge is 0.381 e. The van der Waals surface area contributed by atoms with Gasteiger partial charge in [-0.3, -0.25) is 14.0 Å². The van der Waals surface area contributed by atoms with Crippen LogP contribution in [0, 0.1) is 17.0 Å². The molecule has 34 heavy (non-hydrogen) atoms. The molecule has 1 aliphatic carbocycles. The molecule has 1 atom stereocenters. The highest BCUT2D eigenvalue weighted by atomic mass is 19.1. The molecule has 1 saturated carbocycles. The number of hydrogen-bond acceptors (Lipinski definition) is 4. The van der Waals surface area contributed by atoms with Crippen molar-refractivity contribution < 1.29 is 22.8 Å². The Labute approximate surface area is 192 Å². The third-order valence-corrected chi connectivity index (χ3v) is 7.48. The van der Waals surface area contributed by atoms with Gasteiger partial charge in [-0.05, 0) is 31.0 Å². The molecule has 4 heterocycles. The number of aromatic nitrogens is 2. The number of nitrogens with zero attached hydrogens (tertiary/aromatic N) is 3. The van der Waals surface area contributed by atoms with Crippen LogP contribution in [0.5, 0.6) is 0 Å². The molecule has 0 radical (unpaired) electrons. The number of rotatable bonds is 5. The fraction of sp³-hybridized carbons (Fsp3) is 0.375. The van der Waals surface area contributed by atoms with Crippen molar-refractivity contribution >= 4 is 28.7 Å². The van der Waals surface area contributed by atoms with Crippen molar-refractivity contribution in [3.63, 3.8) is 0 Å². The number of benzene rings is 1. The van der Waals surface area contributed by atoms with E-state index in [-0.39, 0.29) is 23.8 Å². The normalized spacial score (nSPS) is 22.9. The van der Waals surface area contributed by atoms with E-state index in [1.54, 1.807) is 11.0 Å². The van der Waals surface area contributed by atoms with E-state index in [9.17, 15) is 22.8 Å². The first-order valence-corrected chi connectivity index (χ1v) is 11.2. The van der Waals surface area contributed by atoms with Crippen LogP contribution in [0.15, 0.2) is 30.3 Å². The molecule has 0 bridgehead atoms. The quantitative estimate of drug-likeness (QED) is 0.600. The maximum absolute atomic E-state index is 14.1. The van der Waals surface area contributed by atoms with Crippen molar-refractivity contribution in [2.75, 3.05) is 25.5 Å². The monoisotopic (exact) mass is 469 g/mol. The molecular weight excluding hydrogens is 447 g/mol. The number of pyridine rings is 1. The van der Waals surface area contributed by atoms with Crippen LogP contribution in [-0.2, 0) is 16.9 Å². The topological polar surface area (TPSA) is 95.3 Å². The highest BCUT2D eigenvalue weighted by Crippen LogP contribution is 2.51. The van der Waals surface area contributed by atoms with Gasteiger partial charge in [-0.15, -0.1) is 0 Å². The fourth-order valence-electron chi connectivity index (χ4n) is 5.42. The minimum atomic E-state index is -1.30. The smallest absolute Gasteiger partial charge is 0.255 e. The number of halogens is 3. The Balaban J connectivity index is 1.41. The molecule has 3 aliphatic rings. The van der Waals surface area contributed by atoms with Crippen LogP contribution < -0.4 is 5.73 Å². The van der Waals surface area contributed by atoms with Gasteiger partial charge in [0.15, 0.2) is 11.6 Å². The number of H-pyrrole nitrogens is 1. The van der Waals surface area contributed by atoms with Crippen LogP contribution in [0.3, 0.4) is 0 Å². The molecule has 1 unspecified atom stereocenters. The molecule has 6 rings (SSSR count). The van der Waals surface area contributed by atoms with Crippen LogP contribution in [0.1, 0.15) is 40.9 Å². The number of hydrogen-bond donors (Lipinski definition) is 2. The number of likely N-dealkylation sites (tertiary alicyclic amines) is 1. The van der Waals surface area contributed by atoms with E-state index in [0.717, 1.165) is 18.9 Å². The summed E-state index contributed by atoms with van der Waals surface area (Å²) in [5.74, 6) is -2.22. The molecule has 2 fully saturated rings. The van der Waals surface area contributed by atoms with E-state index in [1.165, 1.54) is 23.1 Å². The van der Waals surface area contributed by atoms with Gasteiger partial charge >= 0.3 is 0 Å². The van der Waals surface area contributed by atoms with Gasteiger partial charge in [0.25, 0.3) is 11.8 Å². The Morgan fingerprint density at radius 2 is 1.91 bits per heavy atom. The van der Waals surface area contributed by atoms with Crippen molar-refractivity contribution in [3.05, 3.63) is 58.8 Å². The number of nitrogens with one attached hydrogen (secondary N) is 1. The second-order valence-corrected chi connectivity index (χ2v) is 9.63. The summed E-state index contributed by atoms with van der Waals surface area (Å²) in [4.78, 5) is 37.4. The molecule has 3 N–H and O–H groups in total. The van der Waals surface area contributed by atoms with Crippen LogP contribution >= 0.6 is 0 Å². The minimum Gasteiger partial charge on any atom is -0.381 e. The first kappa shape index (κ1) is 21.0. The Bertz CT molecular complexity index is 1330. The molecular formula is C24H22F3N5O2. The number of carbonyl (C=O) groups excluding carboxylic acids is 2. The van der Waals surface area contributed by atoms with E-state index in [4.69, 9.17) is 5.73 Å². The van der Waals surface area contributed by atoms with E-state index >= 15 is 0 Å². The molecule has 1 spiro atoms. The second kappa shape index (κ2) is 6.97. The molecule has 3 aromatic rings. The average molecular weight is 469 g/mol. The molecule has 7 nitrogen and oxygen atoms in total. The van der Waals surface area contributed by atoms with Gasteiger partial charge in [0.2, 0.25) is 0 Å². The van der Waals surface area contributed by atoms with E-state index < -0.39 is 35.2 Å². The van der Waals surface area contributed by atoms with Crippen LogP contribution in [0.2, 0.25) is 0 Å². The van der Waals surface area contributed by atoms with Crippen molar-refractivity contribution in [1.29, 1.82) is 0 Å². The molecule has 1 aromatic carbocycles. The number of fused-ring (bicyclic) bond motifs is 3. The van der Waals surface area contributed by atoms with Gasteiger partial charge in [0.05, 0.1) is 24.3 Å². The zero-order valence-corrected chi connectivity index (χ0v) is 18.2. The third kappa shape index (κ3) is 2.87. The molecule has 176 valence electrons. The van der Waals surface area contributed by atoms with Crippen LogP contribution in [0.4, 0.5) is 19.0 Å². The van der Waals surface area contributed by atoms with Crippen molar-refractivity contribution in [2.24, 2.45) is 5.41 Å². The third-order valence-electron chi connectivity index (χ3n) is 7.48. The molecule has 10 heteroatoms. The lowest BCUT2D eigenvalue weighted by atomic mass is 9.87. The Hall–Kier alpha value is -3.56. The van der Waals surface area contributed by atoms with Gasteiger partial charge < -0.3 is 20.5 Å². The van der Waals surface area contributed by atoms with E-state index in [0.29, 0.717) is 41.8 Å². The number of anilines is 1. The van der Waals surface area contributed by atoms with Gasteiger partial charge in [0, 0.05) is 47.8 Å². The predicted octanol–water partition coefficient (Wildman–Crippen LogP) is 3.26. The number of amides is 2. The summed E-state index contributed by atoms with van der Waals surface area (Å²) in [6.45, 7) is 0.186. The maximum atomic E-state index is 14.1. The Morgan fingerprint density at radius 3 is 2.65 bits per heavy atom. The molecule has 2 amide bonds. The van der Waals surface area contributed by atoms with Gasteiger partial charge in [0.1, 0.15) is 11.4 Å². The number of nitrogens with two attached hydrogens (primary N) is 1. The summed E-state index contributed by atoms with van der Waals surface area (Å²) < 4.78 is 41.5. The van der Waals surface area contributed by atoms with Crippen LogP contribution in [-0.4, -0.2) is 51.3 Å². The number of nitrogen functional groups attached to an aromatic ring is 1. The molecule has 2 aromatic heterocycles. The zero-order chi connectivity index (χ0) is 23.8. The first-order valence-electron chi connectivity index (χ1n) is 11.2. The van der Waals surface area contributed by atoms with Crippen molar-refractivity contribution in [3.8, 4) is 0 Å². The number of carbonyl (C=O) groups is 2. The summed E-state index contributed by atoms with van der Waals surface area (Å²) in [7, 11) is 0. The summed E-state index contributed by atoms with van der Waals surface area (Å²) >= 11 is 0. The van der Waals surface area contributed by atoms with Crippen molar-refractivity contribution in [2.45, 2.75) is 31.3 Å². The Kier molecular flexibility index (Phi) is 4.31. The lowest BCUT2D eigenvalue weighted by molar-refractivity contribution is -0.138.